The largest absolute Gasteiger partial charge is 0.352 e. The molecule has 0 saturated carbocycles. The summed E-state index contributed by atoms with van der Waals surface area (Å²) in [5.41, 5.74) is 3.00. The molecule has 4 nitrogen and oxygen atoms in total. The summed E-state index contributed by atoms with van der Waals surface area (Å²) in [7, 11) is 0. The molecule has 0 aliphatic carbocycles. The monoisotopic (exact) mass is 400 g/mol. The Bertz CT molecular complexity index is 805. The van der Waals surface area contributed by atoms with E-state index in [4.69, 9.17) is 11.6 Å². The molecular formula is C23H29ClN2O2. The van der Waals surface area contributed by atoms with E-state index in [2.05, 4.69) is 5.32 Å². The van der Waals surface area contributed by atoms with Crippen molar-refractivity contribution in [2.75, 3.05) is 0 Å². The molecule has 0 radical (unpaired) electrons. The minimum Gasteiger partial charge on any atom is -0.352 e. The van der Waals surface area contributed by atoms with E-state index < -0.39 is 6.04 Å². The van der Waals surface area contributed by atoms with Crippen molar-refractivity contribution in [3.63, 3.8) is 0 Å². The predicted molar refractivity (Wildman–Crippen MR) is 114 cm³/mol. The molecule has 2 amide bonds. The third-order valence-electron chi connectivity index (χ3n) is 4.87. The Hall–Kier alpha value is -2.33. The van der Waals surface area contributed by atoms with E-state index >= 15 is 0 Å². The molecule has 2 aromatic carbocycles. The highest BCUT2D eigenvalue weighted by atomic mass is 35.5. The summed E-state index contributed by atoms with van der Waals surface area (Å²) < 4.78 is 0. The zero-order chi connectivity index (χ0) is 20.7. The number of carbonyl (C=O) groups excluding carboxylic acids is 2. The standard InChI is InChI=1S/C23H29ClN2O2/c1-5-17(3)25-23(28)18(4)26(15-20-8-6-7-16(2)13-20)22(27)14-19-9-11-21(24)12-10-19/h6-13,17-18H,5,14-15H2,1-4H3,(H,25,28)/t17-,18-/m1/s1. The van der Waals surface area contributed by atoms with Crippen molar-refractivity contribution in [1.82, 2.24) is 10.2 Å². The number of rotatable bonds is 8. The van der Waals surface area contributed by atoms with Crippen LogP contribution in [0.25, 0.3) is 0 Å². The third kappa shape index (κ3) is 6.38. The summed E-state index contributed by atoms with van der Waals surface area (Å²) in [6, 6.07) is 14.7. The molecule has 0 unspecified atom stereocenters. The van der Waals surface area contributed by atoms with E-state index in [9.17, 15) is 9.59 Å². The van der Waals surface area contributed by atoms with Crippen LogP contribution in [0.3, 0.4) is 0 Å². The topological polar surface area (TPSA) is 49.4 Å². The molecule has 1 N–H and O–H groups in total. The van der Waals surface area contributed by atoms with Crippen molar-refractivity contribution >= 4 is 23.4 Å². The van der Waals surface area contributed by atoms with Gasteiger partial charge in [0.25, 0.3) is 0 Å². The molecule has 0 spiro atoms. The second kappa shape index (κ2) is 10.3. The Morgan fingerprint density at radius 1 is 1.07 bits per heavy atom. The number of hydrogen-bond donors (Lipinski definition) is 1. The molecule has 0 bridgehead atoms. The van der Waals surface area contributed by atoms with Gasteiger partial charge in [-0.25, -0.2) is 0 Å². The molecule has 0 aliphatic rings. The summed E-state index contributed by atoms with van der Waals surface area (Å²) >= 11 is 5.94. The van der Waals surface area contributed by atoms with E-state index in [0.29, 0.717) is 11.6 Å². The zero-order valence-electron chi connectivity index (χ0n) is 17.0. The molecule has 28 heavy (non-hydrogen) atoms. The lowest BCUT2D eigenvalue weighted by Gasteiger charge is -2.30. The minimum absolute atomic E-state index is 0.0714. The highest BCUT2D eigenvalue weighted by Crippen LogP contribution is 2.15. The SMILES string of the molecule is CC[C@@H](C)NC(=O)[C@@H](C)N(Cc1cccc(C)c1)C(=O)Cc1ccc(Cl)cc1. The first-order valence-corrected chi connectivity index (χ1v) is 10.1. The molecule has 0 fully saturated rings. The molecular weight excluding hydrogens is 372 g/mol. The number of nitrogens with one attached hydrogen (secondary N) is 1. The number of halogens is 1. The van der Waals surface area contributed by atoms with Gasteiger partial charge >= 0.3 is 0 Å². The van der Waals surface area contributed by atoms with Gasteiger partial charge in [0.05, 0.1) is 6.42 Å². The highest BCUT2D eigenvalue weighted by Gasteiger charge is 2.26. The number of carbonyl (C=O) groups is 2. The summed E-state index contributed by atoms with van der Waals surface area (Å²) in [5, 5.41) is 3.62. The van der Waals surface area contributed by atoms with Gasteiger partial charge in [0.1, 0.15) is 6.04 Å². The smallest absolute Gasteiger partial charge is 0.242 e. The molecule has 0 saturated heterocycles. The maximum atomic E-state index is 13.1. The van der Waals surface area contributed by atoms with Crippen molar-refractivity contribution in [3.8, 4) is 0 Å². The second-order valence-corrected chi connectivity index (χ2v) is 7.74. The van der Waals surface area contributed by atoms with Crippen LogP contribution >= 0.6 is 11.6 Å². The van der Waals surface area contributed by atoms with Crippen LogP contribution in [0.4, 0.5) is 0 Å². The van der Waals surface area contributed by atoms with Gasteiger partial charge in [-0.2, -0.15) is 0 Å². The van der Waals surface area contributed by atoms with Crippen LogP contribution in [0.2, 0.25) is 5.02 Å². The van der Waals surface area contributed by atoms with Crippen LogP contribution in [-0.4, -0.2) is 28.8 Å². The molecule has 2 aromatic rings. The second-order valence-electron chi connectivity index (χ2n) is 7.31. The van der Waals surface area contributed by atoms with Crippen molar-refractivity contribution in [2.24, 2.45) is 0 Å². The van der Waals surface area contributed by atoms with Crippen LogP contribution in [0.5, 0.6) is 0 Å². The van der Waals surface area contributed by atoms with E-state index in [1.807, 2.05) is 57.2 Å². The van der Waals surface area contributed by atoms with Crippen LogP contribution in [0, 0.1) is 6.92 Å². The van der Waals surface area contributed by atoms with Gasteiger partial charge in [0, 0.05) is 17.6 Å². The fourth-order valence-corrected chi connectivity index (χ4v) is 3.06. The van der Waals surface area contributed by atoms with Crippen molar-refractivity contribution in [1.29, 1.82) is 0 Å². The number of nitrogens with zero attached hydrogens (tertiary/aromatic N) is 1. The van der Waals surface area contributed by atoms with E-state index in [1.54, 1.807) is 24.0 Å². The van der Waals surface area contributed by atoms with Gasteiger partial charge < -0.3 is 10.2 Å². The molecule has 2 rings (SSSR count). The molecule has 2 atom stereocenters. The number of hydrogen-bond acceptors (Lipinski definition) is 2. The summed E-state index contributed by atoms with van der Waals surface area (Å²) in [5.74, 6) is -0.220. The van der Waals surface area contributed by atoms with Gasteiger partial charge in [0.15, 0.2) is 0 Å². The lowest BCUT2D eigenvalue weighted by atomic mass is 10.1. The summed E-state index contributed by atoms with van der Waals surface area (Å²) in [4.78, 5) is 27.4. The lowest BCUT2D eigenvalue weighted by molar-refractivity contribution is -0.140. The summed E-state index contributed by atoms with van der Waals surface area (Å²) in [6.45, 7) is 8.18. The van der Waals surface area contributed by atoms with E-state index in [-0.39, 0.29) is 24.3 Å². The molecule has 0 aromatic heterocycles. The Labute approximate surface area is 172 Å². The van der Waals surface area contributed by atoms with Gasteiger partial charge in [-0.15, -0.1) is 0 Å². The fraction of sp³-hybridized carbons (Fsp3) is 0.391. The van der Waals surface area contributed by atoms with Crippen LogP contribution < -0.4 is 5.32 Å². The van der Waals surface area contributed by atoms with Crippen LogP contribution in [0.15, 0.2) is 48.5 Å². The minimum atomic E-state index is -0.561. The first-order valence-electron chi connectivity index (χ1n) is 9.70. The van der Waals surface area contributed by atoms with E-state index in [1.165, 1.54) is 0 Å². The average Bonchev–Trinajstić information content (AvgIpc) is 2.67. The van der Waals surface area contributed by atoms with Gasteiger partial charge in [-0.05, 0) is 50.5 Å². The lowest BCUT2D eigenvalue weighted by Crippen LogP contribution is -2.49. The first-order chi connectivity index (χ1) is 13.3. The molecule has 0 heterocycles. The Morgan fingerprint density at radius 2 is 1.75 bits per heavy atom. The molecule has 5 heteroatoms. The Balaban J connectivity index is 2.22. The Kier molecular flexibility index (Phi) is 8.06. The molecule has 150 valence electrons. The van der Waals surface area contributed by atoms with Gasteiger partial charge in [-0.3, -0.25) is 9.59 Å². The third-order valence-corrected chi connectivity index (χ3v) is 5.12. The van der Waals surface area contributed by atoms with Gasteiger partial charge in [-0.1, -0.05) is 60.5 Å². The average molecular weight is 401 g/mol. The Morgan fingerprint density at radius 3 is 2.36 bits per heavy atom. The number of benzene rings is 2. The van der Waals surface area contributed by atoms with E-state index in [0.717, 1.165) is 23.1 Å². The number of aryl methyl sites for hydroxylation is 1. The van der Waals surface area contributed by atoms with Crippen molar-refractivity contribution < 1.29 is 9.59 Å². The van der Waals surface area contributed by atoms with Gasteiger partial charge in [0.2, 0.25) is 11.8 Å². The van der Waals surface area contributed by atoms with Crippen LogP contribution in [-0.2, 0) is 22.6 Å². The summed E-state index contributed by atoms with van der Waals surface area (Å²) in [6.07, 6.45) is 1.07. The van der Waals surface area contributed by atoms with Crippen LogP contribution in [0.1, 0.15) is 43.9 Å². The van der Waals surface area contributed by atoms with Crippen molar-refractivity contribution in [2.45, 2.75) is 59.2 Å². The zero-order valence-corrected chi connectivity index (χ0v) is 17.8. The number of amides is 2. The fourth-order valence-electron chi connectivity index (χ4n) is 2.93. The highest BCUT2D eigenvalue weighted by molar-refractivity contribution is 6.30. The van der Waals surface area contributed by atoms with Crippen molar-refractivity contribution in [3.05, 3.63) is 70.2 Å². The quantitative estimate of drug-likeness (QED) is 0.708. The predicted octanol–water partition coefficient (Wildman–Crippen LogP) is 4.52. The first kappa shape index (κ1) is 22.0. The molecule has 0 aliphatic heterocycles. The normalized spacial score (nSPS) is 12.9. The maximum absolute atomic E-state index is 13.1. The maximum Gasteiger partial charge on any atom is 0.242 e.